The molecule has 2 unspecified atom stereocenters. The van der Waals surface area contributed by atoms with Gasteiger partial charge in [-0.25, -0.2) is 10.9 Å². The predicted octanol–water partition coefficient (Wildman–Crippen LogP) is 2.46. The summed E-state index contributed by atoms with van der Waals surface area (Å²) in [5.41, 5.74) is 8.79. The number of ether oxygens (including phenoxy) is 2. The molecule has 4 rings (SSSR count). The Morgan fingerprint density at radius 1 is 0.933 bits per heavy atom. The molecule has 0 spiro atoms. The average molecular weight is 411 g/mol. The Labute approximate surface area is 177 Å². The lowest BCUT2D eigenvalue weighted by molar-refractivity contribution is 0.0880. The van der Waals surface area contributed by atoms with E-state index in [9.17, 15) is 4.79 Å². The minimum absolute atomic E-state index is 0.0173. The molecule has 2 aromatic rings. The van der Waals surface area contributed by atoms with Gasteiger partial charge < -0.3 is 14.8 Å². The number of hydrazine groups is 1. The Morgan fingerprint density at radius 3 is 2.13 bits per heavy atom. The van der Waals surface area contributed by atoms with Crippen LogP contribution in [-0.2, 0) is 0 Å². The molecule has 2 heterocycles. The molecule has 0 aliphatic carbocycles. The number of piperidine rings is 1. The van der Waals surface area contributed by atoms with Crippen molar-refractivity contribution in [3.63, 3.8) is 0 Å². The smallest absolute Gasteiger partial charge is 0.251 e. The van der Waals surface area contributed by atoms with E-state index in [0.717, 1.165) is 43.9 Å². The second-order valence-electron chi connectivity index (χ2n) is 7.88. The number of nitrogens with one attached hydrogen (secondary N) is 3. The van der Waals surface area contributed by atoms with Crippen LogP contribution in [0.3, 0.4) is 0 Å². The third-order valence-electron chi connectivity index (χ3n) is 6.06. The van der Waals surface area contributed by atoms with Crippen LogP contribution in [0, 0.1) is 0 Å². The van der Waals surface area contributed by atoms with Crippen LogP contribution >= 0.6 is 0 Å². The topological polar surface area (TPSA) is 74.9 Å². The normalized spacial score (nSPS) is 22.6. The SMILES string of the molecule is COc1ccc(C(=O)NC2CCN(C3CC(c4ccc(OC)cc4)NN3)CC2)cc1. The summed E-state index contributed by atoms with van der Waals surface area (Å²) in [6.07, 6.45) is 3.21. The third kappa shape index (κ3) is 4.75. The molecule has 2 atom stereocenters. The number of rotatable bonds is 6. The van der Waals surface area contributed by atoms with Gasteiger partial charge in [0.15, 0.2) is 0 Å². The van der Waals surface area contributed by atoms with Crippen LogP contribution in [0.2, 0.25) is 0 Å². The van der Waals surface area contributed by atoms with E-state index in [1.807, 2.05) is 24.3 Å². The standard InChI is InChI=1S/C23H30N4O3/c1-29-19-7-3-16(4-8-19)21-15-22(26-25-21)27-13-11-18(12-14-27)24-23(28)17-5-9-20(30-2)10-6-17/h3-10,18,21-22,25-26H,11-15H2,1-2H3,(H,24,28). The predicted molar refractivity (Wildman–Crippen MR) is 115 cm³/mol. The Balaban J connectivity index is 1.24. The Morgan fingerprint density at radius 2 is 1.53 bits per heavy atom. The van der Waals surface area contributed by atoms with Crippen molar-refractivity contribution < 1.29 is 14.3 Å². The molecule has 2 aromatic carbocycles. The lowest BCUT2D eigenvalue weighted by Crippen LogP contribution is -2.51. The average Bonchev–Trinajstić information content (AvgIpc) is 3.30. The fourth-order valence-corrected chi connectivity index (χ4v) is 4.20. The van der Waals surface area contributed by atoms with Crippen LogP contribution in [-0.4, -0.2) is 50.3 Å². The first-order valence-electron chi connectivity index (χ1n) is 10.5. The number of hydrogen-bond acceptors (Lipinski definition) is 6. The lowest BCUT2D eigenvalue weighted by atomic mass is 10.0. The maximum absolute atomic E-state index is 12.5. The zero-order valence-electron chi connectivity index (χ0n) is 17.6. The second-order valence-corrected chi connectivity index (χ2v) is 7.88. The van der Waals surface area contributed by atoms with Crippen molar-refractivity contribution >= 4 is 5.91 Å². The summed E-state index contributed by atoms with van der Waals surface area (Å²) < 4.78 is 10.4. The molecule has 1 amide bonds. The van der Waals surface area contributed by atoms with Gasteiger partial charge in [-0.15, -0.1) is 0 Å². The van der Waals surface area contributed by atoms with Crippen molar-refractivity contribution in [3.05, 3.63) is 59.7 Å². The minimum Gasteiger partial charge on any atom is -0.497 e. The Bertz CT molecular complexity index is 833. The summed E-state index contributed by atoms with van der Waals surface area (Å²) in [6, 6.07) is 16.0. The van der Waals surface area contributed by atoms with Crippen molar-refractivity contribution in [1.82, 2.24) is 21.1 Å². The number of likely N-dealkylation sites (tertiary alicyclic amines) is 1. The summed E-state index contributed by atoms with van der Waals surface area (Å²) >= 11 is 0. The molecule has 2 aliphatic heterocycles. The van der Waals surface area contributed by atoms with Crippen LogP contribution in [0.15, 0.2) is 48.5 Å². The first-order chi connectivity index (χ1) is 14.7. The highest BCUT2D eigenvalue weighted by molar-refractivity contribution is 5.94. The monoisotopic (exact) mass is 410 g/mol. The van der Waals surface area contributed by atoms with E-state index in [2.05, 4.69) is 33.2 Å². The molecule has 2 fully saturated rings. The van der Waals surface area contributed by atoms with E-state index in [1.165, 1.54) is 5.56 Å². The van der Waals surface area contributed by atoms with Crippen LogP contribution in [0.5, 0.6) is 11.5 Å². The number of amides is 1. The van der Waals surface area contributed by atoms with E-state index < -0.39 is 0 Å². The van der Waals surface area contributed by atoms with Gasteiger partial charge in [-0.2, -0.15) is 0 Å². The van der Waals surface area contributed by atoms with Gasteiger partial charge in [-0.1, -0.05) is 12.1 Å². The maximum atomic E-state index is 12.5. The van der Waals surface area contributed by atoms with Crippen molar-refractivity contribution in [2.24, 2.45) is 0 Å². The summed E-state index contributed by atoms with van der Waals surface area (Å²) in [7, 11) is 3.31. The van der Waals surface area contributed by atoms with Crippen molar-refractivity contribution in [2.75, 3.05) is 27.3 Å². The van der Waals surface area contributed by atoms with Gasteiger partial charge in [0.2, 0.25) is 0 Å². The van der Waals surface area contributed by atoms with E-state index >= 15 is 0 Å². The van der Waals surface area contributed by atoms with Crippen LogP contribution in [0.1, 0.15) is 41.2 Å². The highest BCUT2D eigenvalue weighted by atomic mass is 16.5. The molecule has 2 saturated heterocycles. The molecule has 3 N–H and O–H groups in total. The van der Waals surface area contributed by atoms with Gasteiger partial charge in [0.1, 0.15) is 11.5 Å². The fraction of sp³-hybridized carbons (Fsp3) is 0.435. The van der Waals surface area contributed by atoms with E-state index in [4.69, 9.17) is 9.47 Å². The Hall–Kier alpha value is -2.61. The summed E-state index contributed by atoms with van der Waals surface area (Å²) in [5, 5.41) is 3.17. The lowest BCUT2D eigenvalue weighted by Gasteiger charge is -2.35. The maximum Gasteiger partial charge on any atom is 0.251 e. The van der Waals surface area contributed by atoms with Crippen LogP contribution < -0.4 is 25.6 Å². The van der Waals surface area contributed by atoms with Crippen molar-refractivity contribution in [3.8, 4) is 11.5 Å². The minimum atomic E-state index is -0.0173. The second kappa shape index (κ2) is 9.47. The van der Waals surface area contributed by atoms with Crippen molar-refractivity contribution in [2.45, 2.75) is 37.5 Å². The summed E-state index contributed by atoms with van der Waals surface area (Å²) in [4.78, 5) is 15.0. The largest absolute Gasteiger partial charge is 0.497 e. The Kier molecular flexibility index (Phi) is 6.52. The molecule has 0 bridgehead atoms. The van der Waals surface area contributed by atoms with Gasteiger partial charge in [0.25, 0.3) is 5.91 Å². The highest BCUT2D eigenvalue weighted by Gasteiger charge is 2.32. The molecule has 2 aliphatic rings. The van der Waals surface area contributed by atoms with Gasteiger partial charge >= 0.3 is 0 Å². The number of carbonyl (C=O) groups is 1. The first kappa shape index (κ1) is 20.7. The molecule has 7 nitrogen and oxygen atoms in total. The zero-order valence-corrected chi connectivity index (χ0v) is 17.6. The molecule has 160 valence electrons. The molecule has 0 radical (unpaired) electrons. The molecule has 30 heavy (non-hydrogen) atoms. The number of nitrogens with zero attached hydrogens (tertiary/aromatic N) is 1. The number of methoxy groups -OCH3 is 2. The fourth-order valence-electron chi connectivity index (χ4n) is 4.20. The highest BCUT2D eigenvalue weighted by Crippen LogP contribution is 2.27. The quantitative estimate of drug-likeness (QED) is 0.679. The summed E-state index contributed by atoms with van der Waals surface area (Å²) in [6.45, 7) is 1.92. The number of carbonyl (C=O) groups excluding carboxylic acids is 1. The van der Waals surface area contributed by atoms with Gasteiger partial charge in [-0.05, 0) is 61.2 Å². The van der Waals surface area contributed by atoms with Crippen LogP contribution in [0.25, 0.3) is 0 Å². The number of hydrogen-bond donors (Lipinski definition) is 3. The van der Waals surface area contributed by atoms with Gasteiger partial charge in [-0.3, -0.25) is 9.69 Å². The van der Waals surface area contributed by atoms with E-state index in [-0.39, 0.29) is 18.0 Å². The first-order valence-corrected chi connectivity index (χ1v) is 10.5. The van der Waals surface area contributed by atoms with Gasteiger partial charge in [0.05, 0.1) is 20.4 Å². The van der Waals surface area contributed by atoms with Crippen molar-refractivity contribution in [1.29, 1.82) is 0 Å². The molecule has 0 aromatic heterocycles. The summed E-state index contributed by atoms with van der Waals surface area (Å²) in [5.74, 6) is 1.61. The number of benzene rings is 2. The zero-order chi connectivity index (χ0) is 20.9. The van der Waals surface area contributed by atoms with Crippen LogP contribution in [0.4, 0.5) is 0 Å². The van der Waals surface area contributed by atoms with E-state index in [1.54, 1.807) is 26.4 Å². The third-order valence-corrected chi connectivity index (χ3v) is 6.06. The van der Waals surface area contributed by atoms with E-state index in [0.29, 0.717) is 11.7 Å². The molecule has 7 heteroatoms. The van der Waals surface area contributed by atoms with Gasteiger partial charge in [0, 0.05) is 30.7 Å². The molecule has 0 saturated carbocycles. The molecular weight excluding hydrogens is 380 g/mol. The molecular formula is C23H30N4O3.